The normalized spacial score (nSPS) is 17.1. The first-order chi connectivity index (χ1) is 9.01. The number of amides is 1. The van der Waals surface area contributed by atoms with E-state index in [2.05, 4.69) is 5.32 Å². The van der Waals surface area contributed by atoms with Crippen molar-refractivity contribution < 1.29 is 14.7 Å². The van der Waals surface area contributed by atoms with Crippen LogP contribution < -0.4 is 11.1 Å². The number of carboxylic acids is 1. The third-order valence-electron chi connectivity index (χ3n) is 3.57. The van der Waals surface area contributed by atoms with Crippen LogP contribution in [0.15, 0.2) is 24.3 Å². The van der Waals surface area contributed by atoms with Crippen molar-refractivity contribution >= 4 is 11.9 Å². The van der Waals surface area contributed by atoms with Gasteiger partial charge in [0.1, 0.15) is 0 Å². The van der Waals surface area contributed by atoms with Crippen LogP contribution in [0.1, 0.15) is 41.6 Å². The van der Waals surface area contributed by atoms with Crippen LogP contribution in [0.4, 0.5) is 0 Å². The van der Waals surface area contributed by atoms with Gasteiger partial charge in [0.25, 0.3) is 0 Å². The van der Waals surface area contributed by atoms with Crippen molar-refractivity contribution in [3.63, 3.8) is 0 Å². The van der Waals surface area contributed by atoms with Crippen molar-refractivity contribution in [3.05, 3.63) is 35.4 Å². The summed E-state index contributed by atoms with van der Waals surface area (Å²) in [6.45, 7) is 0.304. The Hall–Kier alpha value is -1.88. The smallest absolute Gasteiger partial charge is 0.335 e. The lowest BCUT2D eigenvalue weighted by Gasteiger charge is -2.22. The number of rotatable bonds is 4. The zero-order valence-electron chi connectivity index (χ0n) is 10.7. The van der Waals surface area contributed by atoms with Crippen LogP contribution >= 0.6 is 0 Å². The molecule has 1 aliphatic carbocycles. The molecule has 0 radical (unpaired) electrons. The number of carboxylic acid groups (broad SMARTS) is 1. The van der Waals surface area contributed by atoms with E-state index >= 15 is 0 Å². The zero-order valence-corrected chi connectivity index (χ0v) is 10.7. The molecule has 102 valence electrons. The maximum Gasteiger partial charge on any atom is 0.335 e. The molecule has 0 bridgehead atoms. The molecule has 0 aromatic heterocycles. The van der Waals surface area contributed by atoms with E-state index in [4.69, 9.17) is 10.8 Å². The molecule has 19 heavy (non-hydrogen) atoms. The third kappa shape index (κ3) is 3.12. The number of nitrogens with one attached hydrogen (secondary N) is 1. The Balaban J connectivity index is 1.97. The first-order valence-electron chi connectivity index (χ1n) is 6.41. The van der Waals surface area contributed by atoms with E-state index in [1.54, 1.807) is 18.2 Å². The third-order valence-corrected chi connectivity index (χ3v) is 3.57. The van der Waals surface area contributed by atoms with Crippen LogP contribution in [0, 0.1) is 0 Å². The van der Waals surface area contributed by atoms with Gasteiger partial charge in [-0.25, -0.2) is 4.79 Å². The van der Waals surface area contributed by atoms with E-state index in [-0.39, 0.29) is 11.5 Å². The summed E-state index contributed by atoms with van der Waals surface area (Å²) in [6.07, 6.45) is 3.40. The Bertz CT molecular complexity index is 493. The quantitative estimate of drug-likeness (QED) is 0.762. The molecule has 4 N–H and O–H groups in total. The minimum absolute atomic E-state index is 0.147. The van der Waals surface area contributed by atoms with Gasteiger partial charge < -0.3 is 16.2 Å². The highest BCUT2D eigenvalue weighted by molar-refractivity contribution is 5.88. The predicted octanol–water partition coefficient (Wildman–Crippen LogP) is 1.27. The van der Waals surface area contributed by atoms with E-state index in [9.17, 15) is 9.59 Å². The first-order valence-corrected chi connectivity index (χ1v) is 6.41. The second-order valence-electron chi connectivity index (χ2n) is 5.05. The summed E-state index contributed by atoms with van der Waals surface area (Å²) in [5.41, 5.74) is 6.27. The van der Waals surface area contributed by atoms with Gasteiger partial charge in [-0.1, -0.05) is 25.0 Å². The summed E-state index contributed by atoms with van der Waals surface area (Å²) in [5, 5.41) is 11.7. The zero-order chi connectivity index (χ0) is 13.9. The molecule has 1 aliphatic rings. The average molecular weight is 262 g/mol. The standard InChI is InChI=1S/C14H18N2O3/c15-14(6-1-2-7-14)13(19)16-9-10-4-3-5-11(8-10)12(17)18/h3-5,8H,1-2,6-7,9,15H2,(H,16,19)(H,17,18). The molecule has 0 saturated heterocycles. The fourth-order valence-corrected chi connectivity index (χ4v) is 2.41. The second-order valence-corrected chi connectivity index (χ2v) is 5.05. The summed E-state index contributed by atoms with van der Waals surface area (Å²) in [7, 11) is 0. The molecule has 2 rings (SSSR count). The Kier molecular flexibility index (Phi) is 3.85. The van der Waals surface area contributed by atoms with Crippen LogP contribution in [0.5, 0.6) is 0 Å². The Labute approximate surface area is 111 Å². The van der Waals surface area contributed by atoms with Crippen LogP contribution in [0.25, 0.3) is 0 Å². The van der Waals surface area contributed by atoms with Gasteiger partial charge >= 0.3 is 5.97 Å². The molecule has 0 atom stereocenters. The monoisotopic (exact) mass is 262 g/mol. The molecule has 1 aromatic rings. The molecule has 1 fully saturated rings. The van der Waals surface area contributed by atoms with Crippen molar-refractivity contribution in [2.75, 3.05) is 0 Å². The molecule has 0 spiro atoms. The van der Waals surface area contributed by atoms with Crippen molar-refractivity contribution in [1.82, 2.24) is 5.32 Å². The van der Waals surface area contributed by atoms with Crippen LogP contribution in [-0.2, 0) is 11.3 Å². The molecule has 1 saturated carbocycles. The van der Waals surface area contributed by atoms with Crippen molar-refractivity contribution in [3.8, 4) is 0 Å². The van der Waals surface area contributed by atoms with Crippen molar-refractivity contribution in [1.29, 1.82) is 0 Å². The van der Waals surface area contributed by atoms with E-state index in [1.807, 2.05) is 0 Å². The molecule has 0 unspecified atom stereocenters. The lowest BCUT2D eigenvalue weighted by molar-refractivity contribution is -0.126. The summed E-state index contributed by atoms with van der Waals surface area (Å²) in [5.74, 6) is -1.12. The fraction of sp³-hybridized carbons (Fsp3) is 0.429. The highest BCUT2D eigenvalue weighted by Gasteiger charge is 2.36. The highest BCUT2D eigenvalue weighted by atomic mass is 16.4. The number of carbonyl (C=O) groups is 2. The maximum absolute atomic E-state index is 12.0. The summed E-state index contributed by atoms with van der Waals surface area (Å²) in [4.78, 5) is 22.9. The van der Waals surface area contributed by atoms with Gasteiger partial charge in [0.2, 0.25) is 5.91 Å². The number of hydrogen-bond donors (Lipinski definition) is 3. The minimum Gasteiger partial charge on any atom is -0.478 e. The SMILES string of the molecule is NC1(C(=O)NCc2cccc(C(=O)O)c2)CCCC1. The lowest BCUT2D eigenvalue weighted by atomic mass is 9.98. The van der Waals surface area contributed by atoms with E-state index in [0.717, 1.165) is 18.4 Å². The molecule has 1 amide bonds. The maximum atomic E-state index is 12.0. The molecule has 0 heterocycles. The fourth-order valence-electron chi connectivity index (χ4n) is 2.41. The van der Waals surface area contributed by atoms with E-state index < -0.39 is 11.5 Å². The number of hydrogen-bond acceptors (Lipinski definition) is 3. The Morgan fingerprint density at radius 1 is 1.32 bits per heavy atom. The van der Waals surface area contributed by atoms with Gasteiger partial charge in [-0.15, -0.1) is 0 Å². The highest BCUT2D eigenvalue weighted by Crippen LogP contribution is 2.27. The second kappa shape index (κ2) is 5.40. The number of carbonyl (C=O) groups excluding carboxylic acids is 1. The Morgan fingerprint density at radius 2 is 2.00 bits per heavy atom. The number of nitrogens with two attached hydrogens (primary N) is 1. The lowest BCUT2D eigenvalue weighted by Crippen LogP contribution is -2.51. The predicted molar refractivity (Wildman–Crippen MR) is 70.6 cm³/mol. The van der Waals surface area contributed by atoms with Crippen LogP contribution in [0.3, 0.4) is 0 Å². The Morgan fingerprint density at radius 3 is 2.63 bits per heavy atom. The summed E-state index contributed by atoms with van der Waals surface area (Å²) < 4.78 is 0. The number of benzene rings is 1. The van der Waals surface area contributed by atoms with Gasteiger partial charge in [0, 0.05) is 6.54 Å². The average Bonchev–Trinajstić information content (AvgIpc) is 2.84. The van der Waals surface area contributed by atoms with Crippen molar-refractivity contribution in [2.45, 2.75) is 37.8 Å². The van der Waals surface area contributed by atoms with Crippen LogP contribution in [-0.4, -0.2) is 22.5 Å². The topological polar surface area (TPSA) is 92.4 Å². The molecular weight excluding hydrogens is 244 g/mol. The molecule has 0 aliphatic heterocycles. The number of aromatic carboxylic acids is 1. The molecule has 5 nitrogen and oxygen atoms in total. The van der Waals surface area contributed by atoms with Gasteiger partial charge in [-0.3, -0.25) is 4.79 Å². The van der Waals surface area contributed by atoms with Crippen LogP contribution in [0.2, 0.25) is 0 Å². The summed E-state index contributed by atoms with van der Waals surface area (Å²) >= 11 is 0. The largest absolute Gasteiger partial charge is 0.478 e. The van der Waals surface area contributed by atoms with E-state index in [0.29, 0.717) is 19.4 Å². The minimum atomic E-state index is -0.973. The molecule has 1 aromatic carbocycles. The molecule has 5 heteroatoms. The molecular formula is C14H18N2O3. The van der Waals surface area contributed by atoms with Crippen molar-refractivity contribution in [2.24, 2.45) is 5.73 Å². The van der Waals surface area contributed by atoms with Gasteiger partial charge in [-0.2, -0.15) is 0 Å². The van der Waals surface area contributed by atoms with Gasteiger partial charge in [0.15, 0.2) is 0 Å². The first kappa shape index (κ1) is 13.5. The van der Waals surface area contributed by atoms with Gasteiger partial charge in [-0.05, 0) is 30.5 Å². The van der Waals surface area contributed by atoms with E-state index in [1.165, 1.54) is 6.07 Å². The summed E-state index contributed by atoms with van der Waals surface area (Å²) in [6, 6.07) is 6.53. The van der Waals surface area contributed by atoms with Gasteiger partial charge in [0.05, 0.1) is 11.1 Å².